The summed E-state index contributed by atoms with van der Waals surface area (Å²) in [6, 6.07) is 6.52. The lowest BCUT2D eigenvalue weighted by molar-refractivity contribution is 0.613. The first-order valence-electron chi connectivity index (χ1n) is 5.28. The minimum Gasteiger partial charge on any atom is -0.321 e. The van der Waals surface area contributed by atoms with E-state index >= 15 is 0 Å². The molecule has 1 N–H and O–H groups in total. The van der Waals surface area contributed by atoms with Gasteiger partial charge in [-0.2, -0.15) is 0 Å². The summed E-state index contributed by atoms with van der Waals surface area (Å²) in [6.45, 7) is 1.20. The highest BCUT2D eigenvalue weighted by Crippen LogP contribution is 2.09. The number of nitrogens with zero attached hydrogens (tertiary/aromatic N) is 2. The Bertz CT molecular complexity index is 510. The third-order valence-electron chi connectivity index (χ3n) is 2.53. The monoisotopic (exact) mass is 253 g/mol. The Balaban J connectivity index is 1.90. The van der Waals surface area contributed by atoms with E-state index in [0.717, 1.165) is 11.4 Å². The highest BCUT2D eigenvalue weighted by molar-refractivity contribution is 6.29. The van der Waals surface area contributed by atoms with Gasteiger partial charge in [-0.1, -0.05) is 23.7 Å². The zero-order valence-corrected chi connectivity index (χ0v) is 10.2. The molecule has 2 aromatic rings. The van der Waals surface area contributed by atoms with E-state index < -0.39 is 0 Å². The van der Waals surface area contributed by atoms with Crippen LogP contribution in [0.4, 0.5) is 4.39 Å². The predicted octanol–water partition coefficient (Wildman–Crippen LogP) is 2.50. The third kappa shape index (κ3) is 3.05. The van der Waals surface area contributed by atoms with Gasteiger partial charge in [0.2, 0.25) is 0 Å². The van der Waals surface area contributed by atoms with Crippen molar-refractivity contribution >= 4 is 11.6 Å². The Morgan fingerprint density at radius 1 is 1.41 bits per heavy atom. The minimum atomic E-state index is -0.218. The summed E-state index contributed by atoms with van der Waals surface area (Å²) < 4.78 is 14.7. The first kappa shape index (κ1) is 12.1. The van der Waals surface area contributed by atoms with Crippen molar-refractivity contribution in [1.29, 1.82) is 0 Å². The molecule has 0 aliphatic carbocycles. The van der Waals surface area contributed by atoms with E-state index in [0.29, 0.717) is 18.2 Å². The van der Waals surface area contributed by atoms with Crippen molar-refractivity contribution < 1.29 is 4.39 Å². The van der Waals surface area contributed by atoms with Crippen LogP contribution in [0.2, 0.25) is 5.15 Å². The molecule has 1 aromatic carbocycles. The number of hydrogen-bond acceptors (Lipinski definition) is 2. The van der Waals surface area contributed by atoms with Crippen molar-refractivity contribution in [3.8, 4) is 0 Å². The van der Waals surface area contributed by atoms with Crippen molar-refractivity contribution in [3.05, 3.63) is 52.8 Å². The summed E-state index contributed by atoms with van der Waals surface area (Å²) in [6.07, 6.45) is 1.61. The lowest BCUT2D eigenvalue weighted by Gasteiger charge is -2.05. The molecular weight excluding hydrogens is 241 g/mol. The topological polar surface area (TPSA) is 29.9 Å². The van der Waals surface area contributed by atoms with Gasteiger partial charge in [-0.15, -0.1) is 0 Å². The summed E-state index contributed by atoms with van der Waals surface area (Å²) in [5, 5.41) is 3.79. The minimum absolute atomic E-state index is 0.218. The third-order valence-corrected chi connectivity index (χ3v) is 2.88. The number of imidazole rings is 1. The van der Waals surface area contributed by atoms with Crippen molar-refractivity contribution in [2.24, 2.45) is 7.05 Å². The van der Waals surface area contributed by atoms with E-state index in [2.05, 4.69) is 10.3 Å². The molecule has 1 heterocycles. The first-order valence-corrected chi connectivity index (χ1v) is 5.66. The zero-order chi connectivity index (χ0) is 12.3. The van der Waals surface area contributed by atoms with E-state index in [1.54, 1.807) is 16.8 Å². The van der Waals surface area contributed by atoms with Gasteiger partial charge < -0.3 is 9.88 Å². The van der Waals surface area contributed by atoms with E-state index in [-0.39, 0.29) is 5.82 Å². The standard InChI is InChI=1S/C12H13ClFN3/c1-17-11(13)7-16-12(17)8-15-6-9-3-2-4-10(14)5-9/h2-5,7,15H,6,8H2,1H3. The molecule has 0 fully saturated rings. The van der Waals surface area contributed by atoms with Gasteiger partial charge in [-0.05, 0) is 17.7 Å². The summed E-state index contributed by atoms with van der Waals surface area (Å²) in [7, 11) is 1.86. The molecule has 5 heteroatoms. The van der Waals surface area contributed by atoms with Crippen LogP contribution >= 0.6 is 11.6 Å². The van der Waals surface area contributed by atoms with Crippen molar-refractivity contribution in [1.82, 2.24) is 14.9 Å². The van der Waals surface area contributed by atoms with Gasteiger partial charge in [0.1, 0.15) is 16.8 Å². The van der Waals surface area contributed by atoms with Gasteiger partial charge >= 0.3 is 0 Å². The Morgan fingerprint density at radius 2 is 2.24 bits per heavy atom. The molecule has 17 heavy (non-hydrogen) atoms. The highest BCUT2D eigenvalue weighted by atomic mass is 35.5. The number of rotatable bonds is 4. The second-order valence-electron chi connectivity index (χ2n) is 3.79. The molecule has 0 atom stereocenters. The number of aromatic nitrogens is 2. The van der Waals surface area contributed by atoms with E-state index in [9.17, 15) is 4.39 Å². The maximum absolute atomic E-state index is 12.9. The lowest BCUT2D eigenvalue weighted by atomic mass is 10.2. The number of nitrogens with one attached hydrogen (secondary N) is 1. The quantitative estimate of drug-likeness (QED) is 0.907. The van der Waals surface area contributed by atoms with Crippen LogP contribution in [0.5, 0.6) is 0 Å². The molecule has 0 aliphatic rings. The summed E-state index contributed by atoms with van der Waals surface area (Å²) >= 11 is 5.87. The number of halogens is 2. The zero-order valence-electron chi connectivity index (χ0n) is 9.45. The van der Waals surface area contributed by atoms with Crippen LogP contribution < -0.4 is 5.32 Å². The smallest absolute Gasteiger partial charge is 0.128 e. The SMILES string of the molecule is Cn1c(Cl)cnc1CNCc1cccc(F)c1. The van der Waals surface area contributed by atoms with Gasteiger partial charge in [0.05, 0.1) is 12.7 Å². The summed E-state index contributed by atoms with van der Waals surface area (Å²) in [4.78, 5) is 4.16. The van der Waals surface area contributed by atoms with Crippen LogP contribution in [-0.4, -0.2) is 9.55 Å². The molecule has 0 aliphatic heterocycles. The molecule has 90 valence electrons. The Morgan fingerprint density at radius 3 is 2.88 bits per heavy atom. The van der Waals surface area contributed by atoms with Crippen molar-refractivity contribution in [2.75, 3.05) is 0 Å². The normalized spacial score (nSPS) is 10.8. The Hall–Kier alpha value is -1.39. The molecule has 0 spiro atoms. The molecule has 0 radical (unpaired) electrons. The van der Waals surface area contributed by atoms with Crippen LogP contribution in [0.1, 0.15) is 11.4 Å². The fourth-order valence-corrected chi connectivity index (χ4v) is 1.70. The average Bonchev–Trinajstić information content (AvgIpc) is 2.61. The van der Waals surface area contributed by atoms with Crippen molar-refractivity contribution in [2.45, 2.75) is 13.1 Å². The molecule has 3 nitrogen and oxygen atoms in total. The van der Waals surface area contributed by atoms with E-state index in [1.165, 1.54) is 12.1 Å². The largest absolute Gasteiger partial charge is 0.321 e. The molecule has 2 rings (SSSR count). The van der Waals surface area contributed by atoms with Crippen molar-refractivity contribution in [3.63, 3.8) is 0 Å². The second-order valence-corrected chi connectivity index (χ2v) is 4.18. The van der Waals surface area contributed by atoms with Gasteiger partial charge in [0.25, 0.3) is 0 Å². The van der Waals surface area contributed by atoms with Crippen LogP contribution in [0.3, 0.4) is 0 Å². The molecular formula is C12H13ClFN3. The molecule has 1 aromatic heterocycles. The fraction of sp³-hybridized carbons (Fsp3) is 0.250. The van der Waals surface area contributed by atoms with E-state index in [4.69, 9.17) is 11.6 Å². The van der Waals surface area contributed by atoms with E-state index in [1.807, 2.05) is 13.1 Å². The molecule has 0 bridgehead atoms. The molecule has 0 saturated carbocycles. The van der Waals surface area contributed by atoms with Gasteiger partial charge in [0.15, 0.2) is 0 Å². The summed E-state index contributed by atoms with van der Waals surface area (Å²) in [5.74, 6) is 0.635. The van der Waals surface area contributed by atoms with Crippen LogP contribution in [0.25, 0.3) is 0 Å². The summed E-state index contributed by atoms with van der Waals surface area (Å²) in [5.41, 5.74) is 0.908. The maximum atomic E-state index is 12.9. The molecule has 0 saturated heterocycles. The van der Waals surface area contributed by atoms with Crippen LogP contribution in [0.15, 0.2) is 30.5 Å². The Labute approximate surface area is 104 Å². The van der Waals surface area contributed by atoms with Gasteiger partial charge in [0, 0.05) is 13.6 Å². The Kier molecular flexibility index (Phi) is 3.76. The maximum Gasteiger partial charge on any atom is 0.128 e. The van der Waals surface area contributed by atoms with Gasteiger partial charge in [-0.3, -0.25) is 0 Å². The second kappa shape index (κ2) is 5.29. The number of benzene rings is 1. The molecule has 0 amide bonds. The molecule has 0 unspecified atom stereocenters. The first-order chi connectivity index (χ1) is 8.16. The number of hydrogen-bond donors (Lipinski definition) is 1. The lowest BCUT2D eigenvalue weighted by Crippen LogP contribution is -2.15. The van der Waals surface area contributed by atoms with Crippen LogP contribution in [-0.2, 0) is 20.1 Å². The predicted molar refractivity (Wildman–Crippen MR) is 65.2 cm³/mol. The fourth-order valence-electron chi connectivity index (χ4n) is 1.55. The van der Waals surface area contributed by atoms with Crippen LogP contribution in [0, 0.1) is 5.82 Å². The highest BCUT2D eigenvalue weighted by Gasteiger charge is 2.03. The van der Waals surface area contributed by atoms with Gasteiger partial charge in [-0.25, -0.2) is 9.37 Å². The average molecular weight is 254 g/mol.